The molecule has 0 spiro atoms. The third-order valence-electron chi connectivity index (χ3n) is 1.67. The van der Waals surface area contributed by atoms with Gasteiger partial charge >= 0.3 is 5.69 Å². The summed E-state index contributed by atoms with van der Waals surface area (Å²) in [4.78, 5) is 10.0. The lowest BCUT2D eigenvalue weighted by Crippen LogP contribution is -2.00. The second-order valence-electron chi connectivity index (χ2n) is 2.69. The molecule has 1 aromatic carbocycles. The number of hydrazone groups is 1. The summed E-state index contributed by atoms with van der Waals surface area (Å²) in [5, 5.41) is 30.9. The molecule has 0 saturated carbocycles. The average molecular weight is 250 g/mol. The van der Waals surface area contributed by atoms with Gasteiger partial charge in [-0.05, 0) is 12.1 Å². The van der Waals surface area contributed by atoms with Gasteiger partial charge in [-0.3, -0.25) is 15.5 Å². The Kier molecular flexibility index (Phi) is 3.98. The summed E-state index contributed by atoms with van der Waals surface area (Å²) < 4.78 is 0. The number of benzene rings is 1. The molecule has 0 atom stereocenters. The van der Waals surface area contributed by atoms with Gasteiger partial charge in [0.2, 0.25) is 5.71 Å². The first-order chi connectivity index (χ1) is 8.10. The van der Waals surface area contributed by atoms with Crippen LogP contribution in [0, 0.1) is 32.8 Å². The SMILES string of the molecule is N#CC(C#N)=NNc1cccc(Cl)c1[N+](=O)[O-]. The lowest BCUT2D eigenvalue weighted by molar-refractivity contribution is -0.383. The van der Waals surface area contributed by atoms with Crippen molar-refractivity contribution in [1.29, 1.82) is 10.5 Å². The fourth-order valence-corrected chi connectivity index (χ4v) is 1.23. The lowest BCUT2D eigenvalue weighted by atomic mass is 10.3. The van der Waals surface area contributed by atoms with E-state index >= 15 is 0 Å². The number of para-hydroxylation sites is 1. The van der Waals surface area contributed by atoms with E-state index in [1.165, 1.54) is 30.3 Å². The van der Waals surface area contributed by atoms with Gasteiger partial charge < -0.3 is 0 Å². The zero-order valence-corrected chi connectivity index (χ0v) is 8.97. The molecular weight excluding hydrogens is 246 g/mol. The maximum atomic E-state index is 10.7. The fraction of sp³-hybridized carbons (Fsp3) is 0. The molecule has 1 aromatic rings. The Morgan fingerprint density at radius 3 is 2.65 bits per heavy atom. The number of nitrogens with zero attached hydrogens (tertiary/aromatic N) is 4. The number of rotatable bonds is 3. The van der Waals surface area contributed by atoms with E-state index in [4.69, 9.17) is 22.1 Å². The van der Waals surface area contributed by atoms with Crippen molar-refractivity contribution in [2.45, 2.75) is 0 Å². The number of nitro benzene ring substituents is 1. The Morgan fingerprint density at radius 1 is 1.47 bits per heavy atom. The first-order valence-corrected chi connectivity index (χ1v) is 4.54. The number of hydrogen-bond acceptors (Lipinski definition) is 6. The van der Waals surface area contributed by atoms with Gasteiger partial charge in [-0.15, -0.1) is 0 Å². The molecule has 0 fully saturated rings. The van der Waals surface area contributed by atoms with Crippen molar-refractivity contribution in [1.82, 2.24) is 0 Å². The van der Waals surface area contributed by atoms with Gasteiger partial charge in [-0.25, -0.2) is 0 Å². The van der Waals surface area contributed by atoms with Gasteiger partial charge in [0.25, 0.3) is 0 Å². The standard InChI is InChI=1S/C9H4ClN5O2/c10-7-2-1-3-8(9(7)15(16)17)14-13-6(4-11)5-12/h1-3,14H. The van der Waals surface area contributed by atoms with Crippen molar-refractivity contribution in [3.63, 3.8) is 0 Å². The highest BCUT2D eigenvalue weighted by Gasteiger charge is 2.17. The molecule has 0 amide bonds. The molecule has 7 nitrogen and oxygen atoms in total. The summed E-state index contributed by atoms with van der Waals surface area (Å²) in [5.41, 5.74) is 1.45. The largest absolute Gasteiger partial charge is 0.312 e. The van der Waals surface area contributed by atoms with Gasteiger partial charge in [-0.2, -0.15) is 15.6 Å². The molecule has 1 rings (SSSR count). The highest BCUT2D eigenvalue weighted by molar-refractivity contribution is 6.33. The van der Waals surface area contributed by atoms with Crippen LogP contribution in [0.1, 0.15) is 0 Å². The van der Waals surface area contributed by atoms with Crippen LogP contribution in [0.2, 0.25) is 5.02 Å². The van der Waals surface area contributed by atoms with Crippen LogP contribution >= 0.6 is 11.6 Å². The molecule has 0 aromatic heterocycles. The zero-order valence-electron chi connectivity index (χ0n) is 8.22. The summed E-state index contributed by atoms with van der Waals surface area (Å²) in [6.07, 6.45) is 0. The molecule has 17 heavy (non-hydrogen) atoms. The maximum absolute atomic E-state index is 10.7. The third-order valence-corrected chi connectivity index (χ3v) is 1.97. The Hall–Kier alpha value is -2.64. The van der Waals surface area contributed by atoms with Crippen LogP contribution in [-0.2, 0) is 0 Å². The molecule has 0 aliphatic heterocycles. The van der Waals surface area contributed by atoms with E-state index in [-0.39, 0.29) is 16.4 Å². The van der Waals surface area contributed by atoms with E-state index in [0.717, 1.165) is 0 Å². The molecule has 0 aliphatic carbocycles. The van der Waals surface area contributed by atoms with Crippen molar-refractivity contribution in [2.75, 3.05) is 5.43 Å². The Labute approximate surface area is 101 Å². The van der Waals surface area contributed by atoms with Crippen molar-refractivity contribution in [2.24, 2.45) is 5.10 Å². The Morgan fingerprint density at radius 2 is 2.12 bits per heavy atom. The monoisotopic (exact) mass is 249 g/mol. The molecule has 0 heterocycles. The second kappa shape index (κ2) is 5.45. The second-order valence-corrected chi connectivity index (χ2v) is 3.10. The summed E-state index contributed by atoms with van der Waals surface area (Å²) in [7, 11) is 0. The fourth-order valence-electron chi connectivity index (χ4n) is 0.982. The summed E-state index contributed by atoms with van der Waals surface area (Å²) in [6, 6.07) is 7.21. The predicted molar refractivity (Wildman–Crippen MR) is 60.4 cm³/mol. The molecule has 0 radical (unpaired) electrons. The molecule has 1 N–H and O–H groups in total. The normalized spacial score (nSPS) is 8.65. The minimum absolute atomic E-state index is 0.00509. The van der Waals surface area contributed by atoms with Gasteiger partial charge in [-0.1, -0.05) is 17.7 Å². The van der Waals surface area contributed by atoms with Gasteiger partial charge in [0.1, 0.15) is 22.8 Å². The quantitative estimate of drug-likeness (QED) is 0.500. The van der Waals surface area contributed by atoms with Gasteiger partial charge in [0.05, 0.1) is 4.92 Å². The van der Waals surface area contributed by atoms with Gasteiger partial charge in [0.15, 0.2) is 0 Å². The molecular formula is C9H4ClN5O2. The zero-order chi connectivity index (χ0) is 12.8. The highest BCUT2D eigenvalue weighted by atomic mass is 35.5. The average Bonchev–Trinajstić information content (AvgIpc) is 2.29. The van der Waals surface area contributed by atoms with Crippen molar-refractivity contribution in [3.8, 4) is 12.1 Å². The van der Waals surface area contributed by atoms with E-state index in [1.54, 1.807) is 0 Å². The highest BCUT2D eigenvalue weighted by Crippen LogP contribution is 2.32. The smallest absolute Gasteiger partial charge is 0.270 e. The predicted octanol–water partition coefficient (Wildman–Crippen LogP) is 2.06. The summed E-state index contributed by atoms with van der Waals surface area (Å²) >= 11 is 5.65. The van der Waals surface area contributed by atoms with Crippen LogP contribution in [0.5, 0.6) is 0 Å². The van der Waals surface area contributed by atoms with Crippen LogP contribution < -0.4 is 5.43 Å². The number of anilines is 1. The van der Waals surface area contributed by atoms with Crippen LogP contribution in [0.4, 0.5) is 11.4 Å². The summed E-state index contributed by atoms with van der Waals surface area (Å²) in [6.45, 7) is 0. The number of nitro groups is 1. The van der Waals surface area contributed by atoms with Crippen LogP contribution in [0.3, 0.4) is 0 Å². The lowest BCUT2D eigenvalue weighted by Gasteiger charge is -2.02. The number of hydrogen-bond donors (Lipinski definition) is 1. The molecule has 84 valence electrons. The number of nitriles is 2. The van der Waals surface area contributed by atoms with Gasteiger partial charge in [0, 0.05) is 0 Å². The number of nitrogens with one attached hydrogen (secondary N) is 1. The van der Waals surface area contributed by atoms with E-state index in [2.05, 4.69) is 10.5 Å². The molecule has 0 unspecified atom stereocenters. The molecule has 0 bridgehead atoms. The maximum Gasteiger partial charge on any atom is 0.312 e. The molecule has 8 heteroatoms. The van der Waals surface area contributed by atoms with E-state index in [9.17, 15) is 10.1 Å². The third kappa shape index (κ3) is 2.91. The molecule has 0 saturated heterocycles. The van der Waals surface area contributed by atoms with E-state index in [0.29, 0.717) is 0 Å². The molecule has 0 aliphatic rings. The van der Waals surface area contributed by atoms with Crippen molar-refractivity contribution >= 4 is 28.7 Å². The van der Waals surface area contributed by atoms with Crippen LogP contribution in [-0.4, -0.2) is 10.6 Å². The van der Waals surface area contributed by atoms with Crippen LogP contribution in [0.15, 0.2) is 23.3 Å². The number of halogens is 1. The minimum Gasteiger partial charge on any atom is -0.270 e. The topological polar surface area (TPSA) is 115 Å². The minimum atomic E-state index is -0.682. The Balaban J connectivity index is 3.14. The van der Waals surface area contributed by atoms with Crippen LogP contribution in [0.25, 0.3) is 0 Å². The van der Waals surface area contributed by atoms with Crippen molar-refractivity contribution < 1.29 is 4.92 Å². The van der Waals surface area contributed by atoms with E-state index < -0.39 is 10.6 Å². The van der Waals surface area contributed by atoms with E-state index in [1.807, 2.05) is 0 Å². The van der Waals surface area contributed by atoms with Crippen molar-refractivity contribution in [3.05, 3.63) is 33.3 Å². The summed E-state index contributed by atoms with van der Waals surface area (Å²) in [5.74, 6) is 0. The first kappa shape index (κ1) is 12.4. The Bertz CT molecular complexity index is 554. The first-order valence-electron chi connectivity index (χ1n) is 4.17.